The minimum absolute atomic E-state index is 0.0419. The number of benzene rings is 1. The first-order chi connectivity index (χ1) is 13.1. The molecule has 2 heterocycles. The Bertz CT molecular complexity index is 817. The Morgan fingerprint density at radius 1 is 1.39 bits per heavy atom. The van der Waals surface area contributed by atoms with E-state index < -0.39 is 11.1 Å². The minimum atomic E-state index is -0.817. The Morgan fingerprint density at radius 3 is 2.75 bits per heavy atom. The van der Waals surface area contributed by atoms with Crippen molar-refractivity contribution in [1.29, 1.82) is 0 Å². The molecule has 0 spiro atoms. The lowest BCUT2D eigenvalue weighted by atomic mass is 9.97. The maximum atomic E-state index is 12.6. The van der Waals surface area contributed by atoms with E-state index in [1.54, 1.807) is 4.90 Å². The van der Waals surface area contributed by atoms with Gasteiger partial charge >= 0.3 is 6.09 Å². The fourth-order valence-corrected chi connectivity index (χ4v) is 3.70. The second-order valence-electron chi connectivity index (χ2n) is 7.32. The number of guanidine groups is 1. The third-order valence-electron chi connectivity index (χ3n) is 4.57. The van der Waals surface area contributed by atoms with Crippen molar-refractivity contribution in [3.8, 4) is 5.75 Å². The number of rotatable bonds is 4. The Morgan fingerprint density at radius 2 is 2.14 bits per heavy atom. The molecule has 2 saturated heterocycles. The van der Waals surface area contributed by atoms with Gasteiger partial charge in [0.1, 0.15) is 10.9 Å². The van der Waals surface area contributed by atoms with Gasteiger partial charge in [0.15, 0.2) is 5.03 Å². The summed E-state index contributed by atoms with van der Waals surface area (Å²) in [6, 6.07) is 4.39. The van der Waals surface area contributed by atoms with Crippen molar-refractivity contribution >= 4 is 35.3 Å². The smallest absolute Gasteiger partial charge is 0.410 e. The van der Waals surface area contributed by atoms with Crippen LogP contribution in [0.4, 0.5) is 4.79 Å². The summed E-state index contributed by atoms with van der Waals surface area (Å²) < 4.78 is 11.0. The Balaban J connectivity index is 1.72. The van der Waals surface area contributed by atoms with Crippen LogP contribution in [-0.4, -0.2) is 58.7 Å². The molecule has 1 unspecified atom stereocenters. The molecule has 2 fully saturated rings. The predicted octanol–water partition coefficient (Wildman–Crippen LogP) is 3.47. The average Bonchev–Trinajstić information content (AvgIpc) is 3.14. The zero-order chi connectivity index (χ0) is 20.5. The molecule has 11 heteroatoms. The van der Waals surface area contributed by atoms with Crippen LogP contribution in [0.3, 0.4) is 0 Å². The normalized spacial score (nSPS) is 22.7. The van der Waals surface area contributed by atoms with Crippen LogP contribution in [-0.2, 0) is 4.74 Å². The summed E-state index contributed by atoms with van der Waals surface area (Å²) in [6.07, 6.45) is 0.0488. The third-order valence-corrected chi connectivity index (χ3v) is 5.31. The van der Waals surface area contributed by atoms with Crippen LogP contribution in [0.2, 0.25) is 10.0 Å². The van der Waals surface area contributed by atoms with Gasteiger partial charge in [0.2, 0.25) is 0 Å². The van der Waals surface area contributed by atoms with Crippen LogP contribution in [0.5, 0.6) is 5.75 Å². The second-order valence-corrected chi connectivity index (χ2v) is 8.13. The Labute approximate surface area is 171 Å². The van der Waals surface area contributed by atoms with E-state index >= 15 is 0 Å². The van der Waals surface area contributed by atoms with Crippen LogP contribution in [0, 0.1) is 16.0 Å². The molecule has 28 heavy (non-hydrogen) atoms. The van der Waals surface area contributed by atoms with Crippen molar-refractivity contribution in [1.82, 2.24) is 9.80 Å². The molecule has 0 radical (unpaired) electrons. The van der Waals surface area contributed by atoms with Crippen molar-refractivity contribution in [3.63, 3.8) is 0 Å². The molecular weight excluding hydrogens is 411 g/mol. The first-order valence-electron chi connectivity index (χ1n) is 8.71. The number of hydrogen-bond donors (Lipinski definition) is 0. The summed E-state index contributed by atoms with van der Waals surface area (Å²) >= 11 is 11.8. The molecule has 1 aromatic rings. The summed E-state index contributed by atoms with van der Waals surface area (Å²) in [7, 11) is 0. The molecule has 2 aliphatic rings. The van der Waals surface area contributed by atoms with Gasteiger partial charge in [0.25, 0.3) is 5.96 Å². The summed E-state index contributed by atoms with van der Waals surface area (Å²) in [4.78, 5) is 26.4. The van der Waals surface area contributed by atoms with E-state index in [0.29, 0.717) is 24.7 Å². The van der Waals surface area contributed by atoms with E-state index in [2.05, 4.69) is 5.10 Å². The maximum absolute atomic E-state index is 12.6. The lowest BCUT2D eigenvalue weighted by Crippen LogP contribution is -2.41. The molecule has 0 aromatic heterocycles. The number of carbonyl (C=O) groups excluding carboxylic acids is 1. The van der Waals surface area contributed by atoms with Crippen LogP contribution in [0.25, 0.3) is 0 Å². The van der Waals surface area contributed by atoms with Gasteiger partial charge in [-0.1, -0.05) is 23.2 Å². The first-order valence-corrected chi connectivity index (χ1v) is 9.46. The van der Waals surface area contributed by atoms with Gasteiger partial charge in [-0.3, -0.25) is 0 Å². The third kappa shape index (κ3) is 4.84. The molecule has 9 nitrogen and oxygen atoms in total. The average molecular weight is 431 g/mol. The molecule has 0 bridgehead atoms. The van der Waals surface area contributed by atoms with E-state index in [0.717, 1.165) is 11.3 Å². The predicted molar refractivity (Wildman–Crippen MR) is 103 cm³/mol. The molecule has 1 amide bonds. The van der Waals surface area contributed by atoms with Gasteiger partial charge in [-0.25, -0.2) is 19.8 Å². The highest BCUT2D eigenvalue weighted by Crippen LogP contribution is 2.31. The van der Waals surface area contributed by atoms with E-state index in [4.69, 9.17) is 32.7 Å². The number of hydrazone groups is 1. The molecule has 3 rings (SSSR count). The molecule has 0 saturated carbocycles. The molecular formula is C17H20Cl2N4O5. The molecule has 0 aliphatic carbocycles. The van der Waals surface area contributed by atoms with E-state index in [9.17, 15) is 14.9 Å². The minimum Gasteiger partial charge on any atom is -0.410 e. The van der Waals surface area contributed by atoms with Gasteiger partial charge in [-0.15, -0.1) is 0 Å². The van der Waals surface area contributed by atoms with Crippen molar-refractivity contribution in [3.05, 3.63) is 38.4 Å². The molecule has 152 valence electrons. The largest absolute Gasteiger partial charge is 0.422 e. The SMILES string of the molecule is CC1(C)CC(CN2CCN(C(=O)Oc3ccc(Cl)c(Cl)c3)C2=N[N+](=O)[O-])CO1. The topological polar surface area (TPSA) is 97.5 Å². The summed E-state index contributed by atoms with van der Waals surface area (Å²) in [6.45, 7) is 5.72. The van der Waals surface area contributed by atoms with Crippen LogP contribution in [0.1, 0.15) is 20.3 Å². The monoisotopic (exact) mass is 430 g/mol. The fraction of sp³-hybridized carbons (Fsp3) is 0.529. The Kier molecular flexibility index (Phi) is 5.97. The van der Waals surface area contributed by atoms with Gasteiger partial charge in [0.05, 0.1) is 28.8 Å². The van der Waals surface area contributed by atoms with Crippen molar-refractivity contribution in [2.75, 3.05) is 26.2 Å². The number of halogens is 2. The Hall–Kier alpha value is -2.10. The molecule has 1 aromatic carbocycles. The van der Waals surface area contributed by atoms with Crippen molar-refractivity contribution < 1.29 is 19.3 Å². The lowest BCUT2D eigenvalue weighted by Gasteiger charge is -2.22. The molecule has 1 atom stereocenters. The molecule has 2 aliphatic heterocycles. The quantitative estimate of drug-likeness (QED) is 0.535. The summed E-state index contributed by atoms with van der Waals surface area (Å²) in [5.41, 5.74) is -0.225. The van der Waals surface area contributed by atoms with Gasteiger partial charge in [0, 0.05) is 25.1 Å². The number of hydrogen-bond acceptors (Lipinski definition) is 5. The number of nitro groups is 1. The fourth-order valence-electron chi connectivity index (χ4n) is 3.41. The van der Waals surface area contributed by atoms with Crippen LogP contribution in [0.15, 0.2) is 23.3 Å². The van der Waals surface area contributed by atoms with Gasteiger partial charge < -0.3 is 14.4 Å². The maximum Gasteiger partial charge on any atom is 0.422 e. The van der Waals surface area contributed by atoms with Crippen molar-refractivity contribution in [2.24, 2.45) is 11.0 Å². The van der Waals surface area contributed by atoms with Gasteiger partial charge in [-0.05, 0) is 32.4 Å². The van der Waals surface area contributed by atoms with Gasteiger partial charge in [-0.2, -0.15) is 0 Å². The highest BCUT2D eigenvalue weighted by atomic mass is 35.5. The first kappa shape index (κ1) is 20.6. The van der Waals surface area contributed by atoms with E-state index in [1.807, 2.05) is 13.8 Å². The number of carbonyl (C=O) groups is 1. The van der Waals surface area contributed by atoms with Crippen LogP contribution >= 0.6 is 23.2 Å². The highest BCUT2D eigenvalue weighted by Gasteiger charge is 2.39. The van der Waals surface area contributed by atoms with E-state index in [1.165, 1.54) is 18.2 Å². The van der Waals surface area contributed by atoms with E-state index in [-0.39, 0.29) is 34.8 Å². The zero-order valence-electron chi connectivity index (χ0n) is 15.4. The molecule has 0 N–H and O–H groups in total. The number of nitrogens with zero attached hydrogens (tertiary/aromatic N) is 4. The second kappa shape index (κ2) is 8.10. The standard InChI is InChI=1S/C17H20Cl2N4O5/c1-17(2)8-11(10-27-17)9-21-5-6-22(15(21)20-23(25)26)16(24)28-12-3-4-13(18)14(19)7-12/h3-4,7,11H,5-6,8-10H2,1-2H3. The lowest BCUT2D eigenvalue weighted by molar-refractivity contribution is -0.486. The summed E-state index contributed by atoms with van der Waals surface area (Å²) in [5.74, 6) is 0.335. The highest BCUT2D eigenvalue weighted by molar-refractivity contribution is 6.42. The van der Waals surface area contributed by atoms with Crippen LogP contribution < -0.4 is 4.74 Å². The number of ether oxygens (including phenoxy) is 2. The zero-order valence-corrected chi connectivity index (χ0v) is 16.9. The van der Waals surface area contributed by atoms with Crippen molar-refractivity contribution in [2.45, 2.75) is 25.9 Å². The summed E-state index contributed by atoms with van der Waals surface area (Å²) in [5, 5.41) is 14.2. The number of amides is 1.